The van der Waals surface area contributed by atoms with Crippen LogP contribution < -0.4 is 30.1 Å². The Kier molecular flexibility index (Phi) is 12.9. The second-order valence-corrected chi connectivity index (χ2v) is 19.3. The van der Waals surface area contributed by atoms with Gasteiger partial charge < -0.3 is 35.1 Å². The Morgan fingerprint density at radius 1 is 1.02 bits per heavy atom. The Morgan fingerprint density at radius 3 is 2.52 bits per heavy atom. The Labute approximate surface area is 354 Å². The molecule has 2 aliphatic carbocycles. The van der Waals surface area contributed by atoms with E-state index in [1.807, 2.05) is 50.4 Å². The van der Waals surface area contributed by atoms with Crippen LogP contribution >= 0.6 is 11.3 Å². The highest BCUT2D eigenvalue weighted by molar-refractivity contribution is 7.89. The fourth-order valence-electron chi connectivity index (χ4n) is 8.47. The summed E-state index contributed by atoms with van der Waals surface area (Å²) in [4.78, 5) is 67.3. The topological polar surface area (TPSA) is 207 Å². The highest BCUT2D eigenvalue weighted by atomic mass is 32.2. The lowest BCUT2D eigenvalue weighted by Gasteiger charge is -2.30. The van der Waals surface area contributed by atoms with E-state index in [2.05, 4.69) is 20.7 Å². The van der Waals surface area contributed by atoms with E-state index in [-0.39, 0.29) is 31.5 Å². The number of sulfonamides is 1. The zero-order valence-electron chi connectivity index (χ0n) is 34.7. The summed E-state index contributed by atoms with van der Waals surface area (Å²) in [7, 11) is -2.36. The third kappa shape index (κ3) is 9.80. The fourth-order valence-corrected chi connectivity index (χ4v) is 9.84. The Bertz CT molecular complexity index is 2260. The maximum Gasteiger partial charge on any atom is 0.408 e. The van der Waals surface area contributed by atoms with Crippen molar-refractivity contribution >= 4 is 61.2 Å². The molecule has 4 heterocycles. The van der Waals surface area contributed by atoms with Crippen molar-refractivity contribution in [3.05, 3.63) is 41.3 Å². The zero-order valence-corrected chi connectivity index (χ0v) is 36.4. The first kappa shape index (κ1) is 43.1. The van der Waals surface area contributed by atoms with Crippen LogP contribution in [-0.4, -0.2) is 103 Å². The van der Waals surface area contributed by atoms with Crippen molar-refractivity contribution in [3.63, 3.8) is 0 Å². The number of pyridine rings is 1. The highest BCUT2D eigenvalue weighted by Gasteiger charge is 2.61. The Hall–Kier alpha value is -4.97. The average molecular weight is 866 g/mol. The smallest absolute Gasteiger partial charge is 0.408 e. The van der Waals surface area contributed by atoms with Crippen LogP contribution in [-0.2, 0) is 29.1 Å². The van der Waals surface area contributed by atoms with Crippen LogP contribution in [0.2, 0.25) is 0 Å². The van der Waals surface area contributed by atoms with E-state index >= 15 is 0 Å². The molecular formula is C42H55N7O9S2. The predicted molar refractivity (Wildman–Crippen MR) is 227 cm³/mol. The van der Waals surface area contributed by atoms with Crippen LogP contribution in [0.15, 0.2) is 35.7 Å². The van der Waals surface area contributed by atoms with Gasteiger partial charge in [-0.3, -0.25) is 19.1 Å². The van der Waals surface area contributed by atoms with Crippen LogP contribution in [0.1, 0.15) is 90.0 Å². The molecule has 4 amide bonds. The molecule has 0 bridgehead atoms. The third-order valence-corrected chi connectivity index (χ3v) is 13.0. The molecule has 2 saturated carbocycles. The molecule has 7 rings (SSSR count). The number of aryl methyl sites for hydroxylation is 1. The number of hydrogen-bond acceptors (Lipinski definition) is 13. The number of hydrogen-bond donors (Lipinski definition) is 4. The number of methoxy groups -OCH3 is 1. The maximum absolute atomic E-state index is 14.7. The number of nitrogens with zero attached hydrogens (tertiary/aromatic N) is 3. The standard InChI is InChI=1S/C42H55N7O9S2/c1-24(2)43-40-45-32(23-59-40)31-20-35(29-17-18-34(56-4)25(3)36(29)44-31)57-28-19-33-37(50)47-42(39(52)48-60(5,54)55)21-26(42)13-9-7-6-8-10-16-30(38(51)49(33)22-28)46-41(53)58-27-14-11-12-15-27/h9,13,17-18,20,23-24,26-28,30,33H,6-8,10-12,14-16,19,21-22H2,1-5H3,(H,43,45)(H,46,53)(H,47,50)(H,48,52)/b13-9-/t26-,28+,30-,33-,42+/m0/s1. The van der Waals surface area contributed by atoms with Crippen LogP contribution in [0.5, 0.6) is 11.5 Å². The second-order valence-electron chi connectivity index (χ2n) is 16.7. The van der Waals surface area contributed by atoms with E-state index in [4.69, 9.17) is 24.2 Å². The van der Waals surface area contributed by atoms with Crippen molar-refractivity contribution in [1.82, 2.24) is 30.2 Å². The van der Waals surface area contributed by atoms with Gasteiger partial charge >= 0.3 is 6.09 Å². The summed E-state index contributed by atoms with van der Waals surface area (Å²) in [6, 6.07) is 3.54. The van der Waals surface area contributed by atoms with Crippen molar-refractivity contribution in [3.8, 4) is 22.9 Å². The van der Waals surface area contributed by atoms with Crippen LogP contribution in [0, 0.1) is 12.8 Å². The molecule has 324 valence electrons. The van der Waals surface area contributed by atoms with E-state index in [1.165, 1.54) is 16.2 Å². The number of alkyl carbamates (subject to hydrolysis) is 1. The summed E-state index contributed by atoms with van der Waals surface area (Å²) in [6.07, 6.45) is 9.92. The number of ether oxygens (including phenoxy) is 3. The molecule has 18 heteroatoms. The number of aromatic nitrogens is 2. The first-order valence-corrected chi connectivity index (χ1v) is 23.6. The molecule has 3 aromatic rings. The molecule has 2 aromatic heterocycles. The molecule has 3 fully saturated rings. The monoisotopic (exact) mass is 865 g/mol. The van der Waals surface area contributed by atoms with Crippen molar-refractivity contribution in [2.45, 2.75) is 127 Å². The van der Waals surface area contributed by atoms with Crippen LogP contribution in [0.3, 0.4) is 0 Å². The maximum atomic E-state index is 14.7. The first-order valence-electron chi connectivity index (χ1n) is 20.8. The quantitative estimate of drug-likeness (QED) is 0.190. The van der Waals surface area contributed by atoms with Gasteiger partial charge in [-0.2, -0.15) is 0 Å². The van der Waals surface area contributed by atoms with Crippen molar-refractivity contribution in [1.29, 1.82) is 0 Å². The number of amides is 4. The number of carbonyl (C=O) groups excluding carboxylic acids is 4. The van der Waals surface area contributed by atoms with Gasteiger partial charge in [-0.05, 0) is 84.3 Å². The number of allylic oxidation sites excluding steroid dienone is 1. The van der Waals surface area contributed by atoms with E-state index in [9.17, 15) is 27.6 Å². The minimum Gasteiger partial charge on any atom is -0.496 e. The van der Waals surface area contributed by atoms with Gasteiger partial charge in [0, 0.05) is 40.8 Å². The number of benzene rings is 1. The number of thiazole rings is 1. The van der Waals surface area contributed by atoms with Gasteiger partial charge in [0.15, 0.2) is 5.13 Å². The fraction of sp³-hybridized carbons (Fsp3) is 0.571. The molecule has 2 aliphatic heterocycles. The largest absolute Gasteiger partial charge is 0.496 e. The zero-order chi connectivity index (χ0) is 42.8. The molecule has 1 aromatic carbocycles. The molecule has 0 spiro atoms. The third-order valence-electron chi connectivity index (χ3n) is 11.6. The minimum absolute atomic E-state index is 0.0217. The lowest BCUT2D eigenvalue weighted by atomic mass is 10.0. The Morgan fingerprint density at radius 2 is 1.78 bits per heavy atom. The van der Waals surface area contributed by atoms with Gasteiger partial charge in [0.25, 0.3) is 5.91 Å². The number of fused-ring (bicyclic) bond motifs is 3. The lowest BCUT2D eigenvalue weighted by molar-refractivity contribution is -0.141. The van der Waals surface area contributed by atoms with Gasteiger partial charge in [0.05, 0.1) is 31.1 Å². The van der Waals surface area contributed by atoms with Crippen LogP contribution in [0.4, 0.5) is 9.93 Å². The molecule has 5 atom stereocenters. The van der Waals surface area contributed by atoms with Crippen molar-refractivity contribution in [2.24, 2.45) is 5.92 Å². The molecule has 1 saturated heterocycles. The van der Waals surface area contributed by atoms with Gasteiger partial charge in [-0.1, -0.05) is 25.0 Å². The van der Waals surface area contributed by atoms with Crippen LogP contribution in [0.25, 0.3) is 22.3 Å². The summed E-state index contributed by atoms with van der Waals surface area (Å²) >= 11 is 1.46. The number of nitrogens with one attached hydrogen (secondary N) is 4. The lowest BCUT2D eigenvalue weighted by Crippen LogP contribution is -2.58. The molecular weight excluding hydrogens is 811 g/mol. The predicted octanol–water partition coefficient (Wildman–Crippen LogP) is 5.35. The summed E-state index contributed by atoms with van der Waals surface area (Å²) in [5, 5.41) is 12.4. The molecule has 4 N–H and O–H groups in total. The normalized spacial score (nSPS) is 25.7. The van der Waals surface area contributed by atoms with Crippen molar-refractivity contribution in [2.75, 3.05) is 25.2 Å². The number of carbonyl (C=O) groups is 4. The molecule has 4 aliphatic rings. The summed E-state index contributed by atoms with van der Waals surface area (Å²) in [5.74, 6) is -1.31. The van der Waals surface area contributed by atoms with Gasteiger partial charge in [0.1, 0.15) is 47.0 Å². The number of anilines is 1. The van der Waals surface area contributed by atoms with Gasteiger partial charge in [-0.15, -0.1) is 11.3 Å². The van der Waals surface area contributed by atoms with E-state index in [1.54, 1.807) is 13.2 Å². The minimum atomic E-state index is -3.95. The highest BCUT2D eigenvalue weighted by Crippen LogP contribution is 2.46. The SMILES string of the molecule is COc1ccc2c(O[C@@H]3C[C@H]4C(=O)N[C@]5(C(=O)NS(C)(=O)=O)C[C@@H]5/C=C\CCCCC[C@H](NC(=O)OC5CCCC5)C(=O)N4C3)cc(-c3csc(NC(C)C)n3)nc2c1C. The van der Waals surface area contributed by atoms with E-state index in [0.717, 1.165) is 55.5 Å². The first-order chi connectivity index (χ1) is 28.6. The number of rotatable bonds is 10. The summed E-state index contributed by atoms with van der Waals surface area (Å²) < 4.78 is 44.6. The molecule has 0 radical (unpaired) electrons. The summed E-state index contributed by atoms with van der Waals surface area (Å²) in [6.45, 7) is 5.95. The summed E-state index contributed by atoms with van der Waals surface area (Å²) in [5.41, 5.74) is 1.08. The molecule has 16 nitrogen and oxygen atoms in total. The second kappa shape index (κ2) is 17.9. The van der Waals surface area contributed by atoms with E-state index < -0.39 is 63.5 Å². The van der Waals surface area contributed by atoms with Gasteiger partial charge in [-0.25, -0.2) is 23.2 Å². The average Bonchev–Trinajstić information content (AvgIpc) is 3.61. The van der Waals surface area contributed by atoms with Gasteiger partial charge in [0.2, 0.25) is 21.8 Å². The Balaban J connectivity index is 1.23. The van der Waals surface area contributed by atoms with Crippen molar-refractivity contribution < 1.29 is 41.8 Å². The molecule has 0 unspecified atom stereocenters. The van der Waals surface area contributed by atoms with E-state index in [0.29, 0.717) is 53.1 Å². The molecule has 60 heavy (non-hydrogen) atoms.